The maximum absolute atomic E-state index is 6.50. The Bertz CT molecular complexity index is 1910. The Morgan fingerprint density at radius 1 is 0.339 bits per heavy atom. The predicted molar refractivity (Wildman–Crippen MR) is 225 cm³/mol. The highest BCUT2D eigenvalue weighted by atomic mass is 16.5. The fourth-order valence-corrected chi connectivity index (χ4v) is 7.01. The lowest BCUT2D eigenvalue weighted by Gasteiger charge is -2.18. The molecule has 8 bridgehead atoms. The molecule has 0 saturated carbocycles. The van der Waals surface area contributed by atoms with Gasteiger partial charge in [0.15, 0.2) is 0 Å². The van der Waals surface area contributed by atoms with Gasteiger partial charge in [-0.3, -0.25) is 9.97 Å². The quantitative estimate of drug-likeness (QED) is 0.175. The van der Waals surface area contributed by atoms with Crippen LogP contribution in [0, 0.1) is 0 Å². The van der Waals surface area contributed by atoms with E-state index in [1.165, 1.54) is 25.7 Å². The lowest BCUT2D eigenvalue weighted by Crippen LogP contribution is -2.04. The normalized spacial score (nSPS) is 15.3. The second-order valence-corrected chi connectivity index (χ2v) is 14.4. The van der Waals surface area contributed by atoms with Crippen LogP contribution in [-0.4, -0.2) is 41.4 Å². The number of aromatic nitrogens is 3. The Kier molecular flexibility index (Phi) is 14.4. The highest BCUT2D eigenvalue weighted by Gasteiger charge is 2.17. The number of hydrogen-bond acceptors (Lipinski definition) is 7. The van der Waals surface area contributed by atoms with Crippen molar-refractivity contribution in [1.82, 2.24) is 15.0 Å². The van der Waals surface area contributed by atoms with Crippen molar-refractivity contribution >= 4 is 0 Å². The smallest absolute Gasteiger partial charge is 0.132 e. The van der Waals surface area contributed by atoms with E-state index in [-0.39, 0.29) is 0 Å². The zero-order valence-electron chi connectivity index (χ0n) is 32.4. The number of hydrogen-bond donors (Lipinski definition) is 0. The molecule has 0 unspecified atom stereocenters. The Hall–Kier alpha value is -5.69. The summed E-state index contributed by atoms with van der Waals surface area (Å²) in [6.07, 6.45) is 16.9. The molecule has 3 aromatic carbocycles. The second-order valence-electron chi connectivity index (χ2n) is 14.4. The van der Waals surface area contributed by atoms with Gasteiger partial charge in [0.2, 0.25) is 0 Å². The number of fused-ring (bicyclic) bond motifs is 2. The molecule has 0 atom stereocenters. The van der Waals surface area contributed by atoms with Gasteiger partial charge in [0.1, 0.15) is 23.0 Å². The van der Waals surface area contributed by atoms with Gasteiger partial charge < -0.3 is 18.9 Å². The third kappa shape index (κ3) is 11.2. The molecule has 288 valence electrons. The van der Waals surface area contributed by atoms with Crippen molar-refractivity contribution in [3.63, 3.8) is 0 Å². The van der Waals surface area contributed by atoms with Crippen molar-refractivity contribution in [3.05, 3.63) is 128 Å². The minimum atomic E-state index is 0.637. The molecular formula is C49H53N3O4. The first-order valence-electron chi connectivity index (χ1n) is 20.5. The minimum absolute atomic E-state index is 0.637. The van der Waals surface area contributed by atoms with E-state index in [0.29, 0.717) is 26.4 Å². The van der Waals surface area contributed by atoms with Crippen molar-refractivity contribution in [1.29, 1.82) is 0 Å². The topological polar surface area (TPSA) is 75.6 Å². The Balaban J connectivity index is 1.00. The molecule has 0 fully saturated rings. The molecule has 0 spiro atoms. The monoisotopic (exact) mass is 747 g/mol. The molecule has 0 saturated heterocycles. The zero-order valence-corrected chi connectivity index (χ0v) is 32.4. The van der Waals surface area contributed by atoms with Gasteiger partial charge in [-0.05, 0) is 117 Å². The van der Waals surface area contributed by atoms with E-state index >= 15 is 0 Å². The van der Waals surface area contributed by atoms with Crippen LogP contribution in [0.3, 0.4) is 0 Å². The first kappa shape index (κ1) is 38.6. The zero-order chi connectivity index (χ0) is 38.0. The molecule has 3 aromatic heterocycles. The van der Waals surface area contributed by atoms with Crippen LogP contribution in [0.5, 0.6) is 23.0 Å². The molecule has 3 aliphatic heterocycles. The number of benzene rings is 3. The summed E-state index contributed by atoms with van der Waals surface area (Å²) in [6.45, 7) is 2.70. The van der Waals surface area contributed by atoms with E-state index in [4.69, 9.17) is 23.9 Å². The van der Waals surface area contributed by atoms with E-state index in [2.05, 4.69) is 64.6 Å². The standard InChI is InChI=1S/C49H53N3O4/c1-3-7-15-34-55-48-37-49(43(47-19-10-12-31-51-47)36-42(48)46-18-9-11-30-50-46)56-35-16-8-4-2-6-14-33-54-41-28-24-39(25-29-41)45-21-17-20-44(52-45)38-22-26-40(27-23-38)53-32-13-5-1/h9-12,17-31,36-37H,1-8,13-16,32-35H2. The molecule has 56 heavy (non-hydrogen) atoms. The molecule has 6 aromatic rings. The molecule has 9 rings (SSSR count). The van der Waals surface area contributed by atoms with Crippen LogP contribution in [0.25, 0.3) is 45.0 Å². The molecule has 7 heteroatoms. The Morgan fingerprint density at radius 3 is 1.14 bits per heavy atom. The first-order chi connectivity index (χ1) is 27.8. The summed E-state index contributed by atoms with van der Waals surface area (Å²) in [5.41, 5.74) is 7.67. The van der Waals surface area contributed by atoms with Crippen molar-refractivity contribution in [2.75, 3.05) is 26.4 Å². The molecule has 3 aliphatic rings. The molecule has 0 N–H and O–H groups in total. The third-order valence-electron chi connectivity index (χ3n) is 10.1. The minimum Gasteiger partial charge on any atom is -0.494 e. The van der Waals surface area contributed by atoms with Crippen LogP contribution >= 0.6 is 0 Å². The summed E-state index contributed by atoms with van der Waals surface area (Å²) in [5.74, 6) is 3.37. The Labute approximate surface area is 332 Å². The number of nitrogens with zero attached hydrogens (tertiary/aromatic N) is 3. The van der Waals surface area contributed by atoms with Crippen molar-refractivity contribution in [2.45, 2.75) is 77.0 Å². The lowest BCUT2D eigenvalue weighted by molar-refractivity contribution is 0.288. The van der Waals surface area contributed by atoms with Crippen molar-refractivity contribution < 1.29 is 18.9 Å². The van der Waals surface area contributed by atoms with E-state index in [9.17, 15) is 0 Å². The fourth-order valence-electron chi connectivity index (χ4n) is 7.01. The van der Waals surface area contributed by atoms with E-state index in [1.807, 2.05) is 73.1 Å². The number of pyridine rings is 3. The van der Waals surface area contributed by atoms with Gasteiger partial charge in [0.05, 0.1) is 49.2 Å². The fraction of sp³-hybridized carbons (Fsp3) is 0.327. The predicted octanol–water partition coefficient (Wildman–Crippen LogP) is 12.4. The van der Waals surface area contributed by atoms with Gasteiger partial charge in [0, 0.05) is 40.7 Å². The summed E-state index contributed by atoms with van der Waals surface area (Å²) < 4.78 is 25.2. The number of rotatable bonds is 2. The Morgan fingerprint density at radius 2 is 0.732 bits per heavy atom. The van der Waals surface area contributed by atoms with Gasteiger partial charge in [0.25, 0.3) is 0 Å². The van der Waals surface area contributed by atoms with Crippen LogP contribution in [0.1, 0.15) is 77.0 Å². The van der Waals surface area contributed by atoms with Crippen LogP contribution in [-0.2, 0) is 0 Å². The molecule has 0 aliphatic carbocycles. The molecular weight excluding hydrogens is 695 g/mol. The summed E-state index contributed by atoms with van der Waals surface area (Å²) >= 11 is 0. The van der Waals surface area contributed by atoms with Crippen molar-refractivity contribution in [3.8, 4) is 68.0 Å². The van der Waals surface area contributed by atoms with Crippen LogP contribution in [0.4, 0.5) is 0 Å². The van der Waals surface area contributed by atoms with Gasteiger partial charge in [-0.2, -0.15) is 0 Å². The number of ether oxygens (including phenoxy) is 4. The molecule has 0 radical (unpaired) electrons. The molecule has 0 amide bonds. The average molecular weight is 748 g/mol. The highest BCUT2D eigenvalue weighted by Crippen LogP contribution is 2.40. The summed E-state index contributed by atoms with van der Waals surface area (Å²) in [7, 11) is 0. The van der Waals surface area contributed by atoms with Gasteiger partial charge in [-0.25, -0.2) is 4.98 Å². The van der Waals surface area contributed by atoms with Crippen LogP contribution in [0.2, 0.25) is 0 Å². The van der Waals surface area contributed by atoms with Gasteiger partial charge in [-0.1, -0.05) is 69.6 Å². The maximum Gasteiger partial charge on any atom is 0.132 e. The SMILES string of the molecule is c1ccc(-c2cc(-c3ccccn3)c3cc2OCCCCCCCCOc2ccc(cc2)-c2cccc(n2)-c2ccc(cc2)OCCCCCCCCO3)nc1. The second kappa shape index (κ2) is 20.8. The van der Waals surface area contributed by atoms with Crippen LogP contribution < -0.4 is 18.9 Å². The van der Waals surface area contributed by atoms with Crippen molar-refractivity contribution in [2.24, 2.45) is 0 Å². The van der Waals surface area contributed by atoms with E-state index in [0.717, 1.165) is 119 Å². The summed E-state index contributed by atoms with van der Waals surface area (Å²) in [4.78, 5) is 14.3. The van der Waals surface area contributed by atoms with Gasteiger partial charge >= 0.3 is 0 Å². The largest absolute Gasteiger partial charge is 0.494 e. The third-order valence-corrected chi connectivity index (χ3v) is 10.1. The van der Waals surface area contributed by atoms with Gasteiger partial charge in [-0.15, -0.1) is 0 Å². The maximum atomic E-state index is 6.50. The molecule has 7 nitrogen and oxygen atoms in total. The first-order valence-corrected chi connectivity index (χ1v) is 20.5. The van der Waals surface area contributed by atoms with E-state index in [1.54, 1.807) is 0 Å². The average Bonchev–Trinajstić information content (AvgIpc) is 3.25. The summed E-state index contributed by atoms with van der Waals surface area (Å²) in [5, 5.41) is 0. The lowest BCUT2D eigenvalue weighted by atomic mass is 10.0. The highest BCUT2D eigenvalue weighted by molar-refractivity contribution is 5.79. The molecule has 6 heterocycles. The summed E-state index contributed by atoms with van der Waals surface area (Å²) in [6, 6.07) is 38.9. The van der Waals surface area contributed by atoms with Crippen LogP contribution in [0.15, 0.2) is 128 Å². The van der Waals surface area contributed by atoms with E-state index < -0.39 is 0 Å².